The molecule has 0 saturated heterocycles. The van der Waals surface area contributed by atoms with Crippen molar-refractivity contribution in [2.75, 3.05) is 11.6 Å². The molecule has 0 spiro atoms. The Morgan fingerprint density at radius 2 is 1.75 bits per heavy atom. The molecule has 4 aliphatic carbocycles. The number of nitrogen functional groups attached to an aromatic ring is 1. The zero-order chi connectivity index (χ0) is 19.3. The van der Waals surface area contributed by atoms with Gasteiger partial charge in [-0.1, -0.05) is 23.4 Å². The van der Waals surface area contributed by atoms with Gasteiger partial charge in [-0.15, -0.1) is 10.2 Å². The van der Waals surface area contributed by atoms with Crippen molar-refractivity contribution in [1.82, 2.24) is 20.2 Å². The van der Waals surface area contributed by atoms with E-state index >= 15 is 0 Å². The van der Waals surface area contributed by atoms with Gasteiger partial charge in [0.2, 0.25) is 11.1 Å². The third-order valence-corrected chi connectivity index (χ3v) is 7.74. The summed E-state index contributed by atoms with van der Waals surface area (Å²) < 4.78 is 1.44. The summed E-state index contributed by atoms with van der Waals surface area (Å²) in [5.74, 6) is 9.52. The number of amides is 1. The summed E-state index contributed by atoms with van der Waals surface area (Å²) in [5.41, 5.74) is 0.876. The van der Waals surface area contributed by atoms with Crippen molar-refractivity contribution in [1.29, 1.82) is 0 Å². The van der Waals surface area contributed by atoms with Crippen molar-refractivity contribution in [3.8, 4) is 11.4 Å². The van der Waals surface area contributed by atoms with Crippen LogP contribution in [0.1, 0.15) is 38.5 Å². The Morgan fingerprint density at radius 3 is 2.36 bits per heavy atom. The molecule has 4 bridgehead atoms. The summed E-state index contributed by atoms with van der Waals surface area (Å²) in [6.07, 6.45) is 7.57. The van der Waals surface area contributed by atoms with E-state index in [0.29, 0.717) is 21.8 Å². The van der Waals surface area contributed by atoms with Crippen molar-refractivity contribution < 1.29 is 4.79 Å². The predicted molar refractivity (Wildman–Crippen MR) is 110 cm³/mol. The number of carbonyl (C=O) groups is 1. The van der Waals surface area contributed by atoms with Crippen LogP contribution in [0.2, 0.25) is 5.02 Å². The average molecular weight is 418 g/mol. The Labute approximate surface area is 173 Å². The highest BCUT2D eigenvalue weighted by molar-refractivity contribution is 7.99. The smallest absolute Gasteiger partial charge is 0.230 e. The lowest BCUT2D eigenvalue weighted by Gasteiger charge is -2.56. The van der Waals surface area contributed by atoms with Crippen LogP contribution >= 0.6 is 23.4 Å². The minimum atomic E-state index is 0.0389. The van der Waals surface area contributed by atoms with Crippen LogP contribution in [0.5, 0.6) is 0 Å². The molecular weight excluding hydrogens is 394 g/mol. The molecule has 3 N–H and O–H groups in total. The Bertz CT molecular complexity index is 861. The Kier molecular flexibility index (Phi) is 4.55. The third-order valence-electron chi connectivity index (χ3n) is 6.54. The molecule has 1 aromatic heterocycles. The monoisotopic (exact) mass is 417 g/mol. The first-order valence-electron chi connectivity index (χ1n) is 9.90. The maximum absolute atomic E-state index is 12.7. The van der Waals surface area contributed by atoms with Crippen LogP contribution in [0.3, 0.4) is 0 Å². The second-order valence-electron chi connectivity index (χ2n) is 8.72. The summed E-state index contributed by atoms with van der Waals surface area (Å²) in [4.78, 5) is 12.7. The first-order chi connectivity index (χ1) is 13.5. The van der Waals surface area contributed by atoms with Crippen LogP contribution in [-0.4, -0.2) is 32.1 Å². The molecule has 4 fully saturated rings. The summed E-state index contributed by atoms with van der Waals surface area (Å²) >= 11 is 7.26. The molecule has 0 aliphatic heterocycles. The topological polar surface area (TPSA) is 85.8 Å². The van der Waals surface area contributed by atoms with Crippen LogP contribution in [0.25, 0.3) is 11.4 Å². The molecule has 8 heteroatoms. The number of carbonyl (C=O) groups excluding carboxylic acids is 1. The molecule has 148 valence electrons. The summed E-state index contributed by atoms with van der Waals surface area (Å²) in [7, 11) is 0. The van der Waals surface area contributed by atoms with Gasteiger partial charge < -0.3 is 11.2 Å². The Morgan fingerprint density at radius 1 is 1.14 bits per heavy atom. The molecule has 0 radical (unpaired) electrons. The average Bonchev–Trinajstić information content (AvgIpc) is 3.00. The minimum Gasteiger partial charge on any atom is -0.350 e. The number of benzene rings is 1. The second-order valence-corrected chi connectivity index (χ2v) is 10.1. The van der Waals surface area contributed by atoms with Crippen molar-refractivity contribution >= 4 is 29.3 Å². The highest BCUT2D eigenvalue weighted by atomic mass is 35.5. The van der Waals surface area contributed by atoms with Gasteiger partial charge in [0.1, 0.15) is 0 Å². The normalized spacial score (nSPS) is 30.5. The fourth-order valence-corrected chi connectivity index (χ4v) is 6.68. The highest BCUT2D eigenvalue weighted by Crippen LogP contribution is 2.55. The molecule has 1 aromatic carbocycles. The number of aromatic nitrogens is 3. The molecule has 0 atom stereocenters. The highest BCUT2D eigenvalue weighted by Gasteiger charge is 2.51. The minimum absolute atomic E-state index is 0.0389. The van der Waals surface area contributed by atoms with Gasteiger partial charge >= 0.3 is 0 Å². The lowest BCUT2D eigenvalue weighted by molar-refractivity contribution is -0.124. The number of halogens is 1. The van der Waals surface area contributed by atoms with Crippen molar-refractivity contribution in [2.45, 2.75) is 49.2 Å². The number of rotatable bonds is 5. The van der Waals surface area contributed by atoms with Gasteiger partial charge in [0.15, 0.2) is 5.82 Å². The fraction of sp³-hybridized carbons (Fsp3) is 0.550. The fourth-order valence-electron chi connectivity index (χ4n) is 5.90. The van der Waals surface area contributed by atoms with Crippen LogP contribution in [0, 0.1) is 17.8 Å². The standard InChI is InChI=1S/C20H24ClN5OS/c21-16-3-1-15(2-4-16)18-24-25-19(26(18)22)28-11-17(27)23-20-8-12-5-13(9-20)7-14(6-12)10-20/h1-4,12-14H,5-11,22H2,(H,23,27). The van der Waals surface area contributed by atoms with E-state index < -0.39 is 0 Å². The van der Waals surface area contributed by atoms with Crippen LogP contribution in [0.4, 0.5) is 0 Å². The van der Waals surface area contributed by atoms with Gasteiger partial charge in [0.25, 0.3) is 0 Å². The number of nitrogens with two attached hydrogens (primary N) is 1. The van der Waals surface area contributed by atoms with Crippen molar-refractivity contribution in [3.05, 3.63) is 29.3 Å². The van der Waals surface area contributed by atoms with E-state index in [-0.39, 0.29) is 11.4 Å². The van der Waals surface area contributed by atoms with Crippen molar-refractivity contribution in [3.63, 3.8) is 0 Å². The number of thioether (sulfide) groups is 1. The van der Waals surface area contributed by atoms with Crippen LogP contribution < -0.4 is 11.2 Å². The van der Waals surface area contributed by atoms with Gasteiger partial charge in [-0.2, -0.15) is 0 Å². The second kappa shape index (κ2) is 6.95. The number of nitrogens with one attached hydrogen (secondary N) is 1. The van der Waals surface area contributed by atoms with Crippen molar-refractivity contribution in [2.24, 2.45) is 17.8 Å². The lowest BCUT2D eigenvalue weighted by atomic mass is 9.53. The zero-order valence-electron chi connectivity index (χ0n) is 15.6. The molecule has 6 nitrogen and oxygen atoms in total. The van der Waals surface area contributed by atoms with E-state index in [0.717, 1.165) is 42.6 Å². The van der Waals surface area contributed by atoms with E-state index in [9.17, 15) is 4.79 Å². The van der Waals surface area contributed by atoms with E-state index in [1.807, 2.05) is 12.1 Å². The van der Waals surface area contributed by atoms with E-state index in [1.54, 1.807) is 12.1 Å². The van der Waals surface area contributed by atoms with Crippen LogP contribution in [0.15, 0.2) is 29.4 Å². The third kappa shape index (κ3) is 3.39. The molecule has 28 heavy (non-hydrogen) atoms. The maximum atomic E-state index is 12.7. The first-order valence-corrected chi connectivity index (χ1v) is 11.3. The molecular formula is C20H24ClN5OS. The van der Waals surface area contributed by atoms with E-state index in [1.165, 1.54) is 35.7 Å². The lowest BCUT2D eigenvalue weighted by Crippen LogP contribution is -2.60. The molecule has 2 aromatic rings. The molecule has 4 saturated carbocycles. The predicted octanol–water partition coefficient (Wildman–Crippen LogP) is 3.49. The summed E-state index contributed by atoms with van der Waals surface area (Å²) in [6, 6.07) is 7.28. The SMILES string of the molecule is Nn1c(SCC(=O)NC23CC4CC(CC(C4)C2)C3)nnc1-c1ccc(Cl)cc1. The molecule has 6 rings (SSSR count). The van der Waals surface area contributed by atoms with E-state index in [4.69, 9.17) is 17.4 Å². The zero-order valence-corrected chi connectivity index (χ0v) is 17.2. The van der Waals surface area contributed by atoms with Gasteiger partial charge in [-0.25, -0.2) is 4.68 Å². The summed E-state index contributed by atoms with van der Waals surface area (Å²) in [5, 5.41) is 12.9. The quantitative estimate of drug-likeness (QED) is 0.574. The Hall–Kier alpha value is -1.73. The first kappa shape index (κ1) is 18.3. The molecule has 1 heterocycles. The number of nitrogens with zero attached hydrogens (tertiary/aromatic N) is 3. The van der Waals surface area contributed by atoms with Crippen LogP contribution in [-0.2, 0) is 4.79 Å². The Balaban J connectivity index is 1.22. The number of hydrogen-bond donors (Lipinski definition) is 2. The van der Waals surface area contributed by atoms with Gasteiger partial charge in [0, 0.05) is 16.1 Å². The molecule has 4 aliphatic rings. The van der Waals surface area contributed by atoms with E-state index in [2.05, 4.69) is 15.5 Å². The maximum Gasteiger partial charge on any atom is 0.230 e. The summed E-state index contributed by atoms with van der Waals surface area (Å²) in [6.45, 7) is 0. The largest absolute Gasteiger partial charge is 0.350 e. The van der Waals surface area contributed by atoms with Gasteiger partial charge in [-0.3, -0.25) is 4.79 Å². The van der Waals surface area contributed by atoms with Gasteiger partial charge in [0.05, 0.1) is 5.75 Å². The molecule has 0 unspecified atom stereocenters. The van der Waals surface area contributed by atoms with Gasteiger partial charge in [-0.05, 0) is 80.5 Å². The molecule has 1 amide bonds. The number of hydrogen-bond acceptors (Lipinski definition) is 5.